The molecule has 1 aliphatic heterocycles. The van der Waals surface area contributed by atoms with Crippen molar-refractivity contribution in [2.45, 2.75) is 13.0 Å². The van der Waals surface area contributed by atoms with Gasteiger partial charge in [0, 0.05) is 19.3 Å². The number of anilines is 1. The van der Waals surface area contributed by atoms with E-state index >= 15 is 0 Å². The van der Waals surface area contributed by atoms with Crippen LogP contribution in [0.25, 0.3) is 11.1 Å². The summed E-state index contributed by atoms with van der Waals surface area (Å²) in [6.07, 6.45) is 2.82. The highest BCUT2D eigenvalue weighted by Crippen LogP contribution is 2.21. The van der Waals surface area contributed by atoms with Gasteiger partial charge >= 0.3 is 0 Å². The minimum atomic E-state index is 0.526. The Kier molecular flexibility index (Phi) is 4.32. The normalized spacial score (nSPS) is 17.6. The van der Waals surface area contributed by atoms with Crippen LogP contribution in [0.3, 0.4) is 0 Å². The number of fused-ring (bicyclic) bond motifs is 1. The summed E-state index contributed by atoms with van der Waals surface area (Å²) in [7, 11) is 0. The monoisotopic (exact) mass is 333 g/mol. The Labute approximate surface area is 146 Å². The first-order valence-electron chi connectivity index (χ1n) is 8.47. The minimum absolute atomic E-state index is 0.526. The van der Waals surface area contributed by atoms with Gasteiger partial charge in [-0.3, -0.25) is 4.90 Å². The van der Waals surface area contributed by atoms with Crippen molar-refractivity contribution in [1.29, 1.82) is 5.26 Å². The van der Waals surface area contributed by atoms with Crippen LogP contribution >= 0.6 is 0 Å². The smallest absolute Gasteiger partial charge is 0.209 e. The maximum atomic E-state index is 9.12. The summed E-state index contributed by atoms with van der Waals surface area (Å²) < 4.78 is 5.81. The van der Waals surface area contributed by atoms with Gasteiger partial charge in [0.2, 0.25) is 5.89 Å². The average Bonchev–Trinajstić information content (AvgIpc) is 3.26. The summed E-state index contributed by atoms with van der Waals surface area (Å²) in [6.45, 7) is 3.56. The van der Waals surface area contributed by atoms with E-state index < -0.39 is 0 Å². The number of aromatic nitrogens is 2. The number of hydrogen-bond donors (Lipinski definition) is 1. The molecule has 2 aromatic heterocycles. The molecule has 25 heavy (non-hydrogen) atoms. The second-order valence-corrected chi connectivity index (χ2v) is 6.36. The fraction of sp³-hybridized carbons (Fsp3) is 0.316. The number of likely N-dealkylation sites (tertiary alicyclic amines) is 1. The largest absolute Gasteiger partial charge is 0.439 e. The van der Waals surface area contributed by atoms with E-state index in [2.05, 4.69) is 26.3 Å². The molecule has 0 amide bonds. The zero-order valence-electron chi connectivity index (χ0n) is 13.9. The van der Waals surface area contributed by atoms with Gasteiger partial charge in [-0.15, -0.1) is 0 Å². The Balaban J connectivity index is 1.33. The van der Waals surface area contributed by atoms with Gasteiger partial charge in [0.1, 0.15) is 17.4 Å². The first-order chi connectivity index (χ1) is 12.3. The maximum Gasteiger partial charge on any atom is 0.209 e. The topological polar surface area (TPSA) is 78.0 Å². The molecule has 1 N–H and O–H groups in total. The second-order valence-electron chi connectivity index (χ2n) is 6.36. The quantitative estimate of drug-likeness (QED) is 0.773. The van der Waals surface area contributed by atoms with Crippen LogP contribution in [-0.2, 0) is 6.54 Å². The molecule has 0 bridgehead atoms. The summed E-state index contributed by atoms with van der Waals surface area (Å²) in [6, 6.07) is 13.6. The number of rotatable bonds is 5. The number of benzene rings is 1. The second kappa shape index (κ2) is 6.91. The van der Waals surface area contributed by atoms with E-state index in [4.69, 9.17) is 9.68 Å². The van der Waals surface area contributed by atoms with E-state index in [1.807, 2.05) is 24.3 Å². The highest BCUT2D eigenvalue weighted by atomic mass is 16.3. The van der Waals surface area contributed by atoms with Crippen LogP contribution in [0.15, 0.2) is 47.0 Å². The van der Waals surface area contributed by atoms with Crippen molar-refractivity contribution >= 4 is 16.9 Å². The molecule has 1 saturated heterocycles. The molecule has 0 aliphatic carbocycles. The molecule has 4 rings (SSSR count). The van der Waals surface area contributed by atoms with Crippen molar-refractivity contribution in [2.75, 3.05) is 25.0 Å². The number of nitrogens with one attached hydrogen (secondary N) is 1. The standard InChI is InChI=1S/C19H19N5O/c20-10-15-4-3-8-21-19(15)22-11-14-7-9-24(12-14)13-18-23-16-5-1-2-6-17(16)25-18/h1-6,8,14H,7,9,11-13H2,(H,21,22)/t14-/m1/s1. The lowest BCUT2D eigenvalue weighted by molar-refractivity contribution is 0.286. The van der Waals surface area contributed by atoms with Crippen molar-refractivity contribution in [3.05, 3.63) is 54.0 Å². The number of pyridine rings is 1. The lowest BCUT2D eigenvalue weighted by Gasteiger charge is -2.15. The summed E-state index contributed by atoms with van der Waals surface area (Å²) in [5.74, 6) is 1.96. The molecule has 0 radical (unpaired) electrons. The Morgan fingerprint density at radius 3 is 3.08 bits per heavy atom. The van der Waals surface area contributed by atoms with E-state index in [1.54, 1.807) is 18.3 Å². The van der Waals surface area contributed by atoms with Gasteiger partial charge in [-0.05, 0) is 43.1 Å². The summed E-state index contributed by atoms with van der Waals surface area (Å²) in [5, 5.41) is 12.4. The third kappa shape index (κ3) is 3.47. The molecule has 3 aromatic rings. The Hall–Kier alpha value is -2.91. The zero-order chi connectivity index (χ0) is 17.1. The summed E-state index contributed by atoms with van der Waals surface area (Å²) >= 11 is 0. The first kappa shape index (κ1) is 15.6. The number of oxazole rings is 1. The van der Waals surface area contributed by atoms with Crippen LogP contribution in [0.5, 0.6) is 0 Å². The molecule has 6 heteroatoms. The van der Waals surface area contributed by atoms with Gasteiger partial charge in [-0.25, -0.2) is 9.97 Å². The van der Waals surface area contributed by atoms with Gasteiger partial charge in [0.05, 0.1) is 12.1 Å². The van der Waals surface area contributed by atoms with Crippen molar-refractivity contribution in [3.63, 3.8) is 0 Å². The lowest BCUT2D eigenvalue weighted by Crippen LogP contribution is -2.23. The van der Waals surface area contributed by atoms with Crippen LogP contribution in [0, 0.1) is 17.2 Å². The maximum absolute atomic E-state index is 9.12. The molecule has 1 fully saturated rings. The van der Waals surface area contributed by atoms with Gasteiger partial charge in [-0.1, -0.05) is 12.1 Å². The third-order valence-electron chi connectivity index (χ3n) is 4.55. The van der Waals surface area contributed by atoms with Crippen molar-refractivity contribution in [3.8, 4) is 6.07 Å². The summed E-state index contributed by atoms with van der Waals surface area (Å²) in [5.41, 5.74) is 2.34. The Morgan fingerprint density at radius 1 is 1.28 bits per heavy atom. The van der Waals surface area contributed by atoms with E-state index in [0.717, 1.165) is 49.6 Å². The molecule has 3 heterocycles. The van der Waals surface area contributed by atoms with Gasteiger partial charge < -0.3 is 9.73 Å². The van der Waals surface area contributed by atoms with E-state index in [0.29, 0.717) is 17.3 Å². The molecule has 1 atom stereocenters. The molecule has 6 nitrogen and oxygen atoms in total. The SMILES string of the molecule is N#Cc1cccnc1NC[C@H]1CCN(Cc2nc3ccccc3o2)C1. The zero-order valence-corrected chi connectivity index (χ0v) is 13.9. The fourth-order valence-corrected chi connectivity index (χ4v) is 3.28. The van der Waals surface area contributed by atoms with Crippen LogP contribution in [0.1, 0.15) is 17.9 Å². The van der Waals surface area contributed by atoms with Gasteiger partial charge in [0.25, 0.3) is 0 Å². The van der Waals surface area contributed by atoms with Crippen LogP contribution in [0.4, 0.5) is 5.82 Å². The fourth-order valence-electron chi connectivity index (χ4n) is 3.28. The molecule has 0 spiro atoms. The first-order valence-corrected chi connectivity index (χ1v) is 8.47. The Morgan fingerprint density at radius 2 is 2.20 bits per heavy atom. The molecular weight excluding hydrogens is 314 g/mol. The number of nitriles is 1. The van der Waals surface area contributed by atoms with Crippen LogP contribution in [-0.4, -0.2) is 34.5 Å². The van der Waals surface area contributed by atoms with Crippen LogP contribution < -0.4 is 5.32 Å². The molecule has 126 valence electrons. The number of para-hydroxylation sites is 2. The number of hydrogen-bond acceptors (Lipinski definition) is 6. The predicted octanol–water partition coefficient (Wildman–Crippen LogP) is 3.03. The van der Waals surface area contributed by atoms with Crippen molar-refractivity contribution in [2.24, 2.45) is 5.92 Å². The average molecular weight is 333 g/mol. The molecule has 0 unspecified atom stereocenters. The molecule has 1 aromatic carbocycles. The Bertz CT molecular complexity index is 880. The van der Waals surface area contributed by atoms with E-state index in [-0.39, 0.29) is 0 Å². The third-order valence-corrected chi connectivity index (χ3v) is 4.55. The highest BCUT2D eigenvalue weighted by Gasteiger charge is 2.24. The van der Waals surface area contributed by atoms with Gasteiger partial charge in [-0.2, -0.15) is 5.26 Å². The van der Waals surface area contributed by atoms with Crippen molar-refractivity contribution < 1.29 is 4.42 Å². The highest BCUT2D eigenvalue weighted by molar-refractivity contribution is 5.72. The predicted molar refractivity (Wildman–Crippen MR) is 94.8 cm³/mol. The lowest BCUT2D eigenvalue weighted by atomic mass is 10.1. The molecule has 0 saturated carbocycles. The van der Waals surface area contributed by atoms with Gasteiger partial charge in [0.15, 0.2) is 5.58 Å². The minimum Gasteiger partial charge on any atom is -0.439 e. The summed E-state index contributed by atoms with van der Waals surface area (Å²) in [4.78, 5) is 11.2. The molecular formula is C19H19N5O. The number of nitrogens with zero attached hydrogens (tertiary/aromatic N) is 4. The van der Waals surface area contributed by atoms with E-state index in [1.165, 1.54) is 0 Å². The molecule has 1 aliphatic rings. The van der Waals surface area contributed by atoms with Crippen LogP contribution in [0.2, 0.25) is 0 Å². The van der Waals surface area contributed by atoms with Crippen molar-refractivity contribution in [1.82, 2.24) is 14.9 Å². The van der Waals surface area contributed by atoms with E-state index in [9.17, 15) is 0 Å².